The number of carbonyl (C=O) groups excluding carboxylic acids is 16. The Bertz CT molecular complexity index is 5510. The van der Waals surface area contributed by atoms with Crippen LogP contribution in [0.2, 0.25) is 0 Å². The van der Waals surface area contributed by atoms with Crippen LogP contribution in [0.3, 0.4) is 0 Å². The zero-order chi connectivity index (χ0) is 96.7. The first-order valence-electron chi connectivity index (χ1n) is 44.9. The number of nitrogens with one attached hydrogen (secondary N) is 11. The Morgan fingerprint density at radius 1 is 0.478 bits per heavy atom. The summed E-state index contributed by atoms with van der Waals surface area (Å²) in [5.74, 6) is -20.3. The van der Waals surface area contributed by atoms with E-state index in [2.05, 4.69) is 57.8 Å². The van der Waals surface area contributed by atoms with Gasteiger partial charge in [-0.25, -0.2) is 0 Å². The minimum absolute atomic E-state index is 0.00265. The van der Waals surface area contributed by atoms with E-state index in [4.69, 9.17) is 11.5 Å². The lowest BCUT2D eigenvalue weighted by molar-refractivity contribution is -0.143. The number of aliphatic carboxylic acids is 1. The summed E-state index contributed by atoms with van der Waals surface area (Å²) in [6.45, 7) is 9.65. The molecule has 36 nitrogen and oxygen atoms in total. The zero-order valence-electron chi connectivity index (χ0n) is 75.9. The number of thioether (sulfide) groups is 3. The SMILES string of the molecule is CC[C@@H]1CC(=O)[C@H]([C@@H](C)O)NC(=O)[C@@H](CC(=O)[C@H](C)N)CSCC(=O)N2Cc3cccc(c3)CN3Cc4cccc(c4)CN(Cc4cccc(c4)C2)C(=O)CSC[C@H](NC1=O)C(=O)N[C@@H](Cc1c[nH]c2ccccc12)C(=O)N[C@@H](C(C)C)C(=O)N[C@@H](CC(=O)O)C(=O)NCC(=O)N[C@@H](Cc1c[nH]c2ccccc12)C(=O)N[C@@H](C(C)C)C(=O)N1CCC[C@H]1C(=O)N[C@H](C(N)=O)CSCC3=O. The summed E-state index contributed by atoms with van der Waals surface area (Å²) in [7, 11) is 0. The number of Topliss-reactive ketones (excluding diaryl/α,β-unsaturated/α-hetero) is 2. The fraction of sp³-hybridized carbons (Fsp3) is 0.463. The molecule has 2 aromatic heterocycles. The van der Waals surface area contributed by atoms with E-state index in [-0.39, 0.29) is 100 Å². The van der Waals surface area contributed by atoms with Crippen molar-refractivity contribution in [1.82, 2.24) is 77.4 Å². The van der Waals surface area contributed by atoms with E-state index in [1.807, 2.05) is 48.5 Å². The van der Waals surface area contributed by atoms with Crippen LogP contribution in [0.25, 0.3) is 21.8 Å². The maximum Gasteiger partial charge on any atom is 0.305 e. The molecule has 4 aliphatic rings. The van der Waals surface area contributed by atoms with Crippen molar-refractivity contribution in [2.75, 3.05) is 47.6 Å². The van der Waals surface area contributed by atoms with Crippen LogP contribution in [0.15, 0.2) is 134 Å². The molecule has 0 spiro atoms. The molecule has 14 amide bonds. The Hall–Kier alpha value is -12.5. The molecule has 1 fully saturated rings. The summed E-state index contributed by atoms with van der Waals surface area (Å²) in [6.07, 6.45) is -0.646. The third-order valence-electron chi connectivity index (χ3n) is 24.1. The lowest BCUT2D eigenvalue weighted by Crippen LogP contribution is -2.61. The van der Waals surface area contributed by atoms with E-state index >= 15 is 33.6 Å². The van der Waals surface area contributed by atoms with Crippen LogP contribution < -0.4 is 59.3 Å². The van der Waals surface area contributed by atoms with Crippen LogP contribution in [-0.4, -0.2) is 254 Å². The van der Waals surface area contributed by atoms with E-state index in [1.54, 1.807) is 121 Å². The van der Waals surface area contributed by atoms with Crippen LogP contribution in [0, 0.1) is 23.7 Å². The number of hydrogen-bond acceptors (Lipinski definition) is 22. The fourth-order valence-electron chi connectivity index (χ4n) is 16.7. The van der Waals surface area contributed by atoms with Gasteiger partial charge in [-0.05, 0) is 102 Å². The van der Waals surface area contributed by atoms with Gasteiger partial charge in [0.2, 0.25) is 82.7 Å². The monoisotopic (exact) mass is 1900 g/mol. The number of nitrogens with two attached hydrogens (primary N) is 2. The number of nitrogens with zero attached hydrogens (tertiary/aromatic N) is 4. The van der Waals surface area contributed by atoms with Gasteiger partial charge in [0.1, 0.15) is 60.2 Å². The number of fused-ring (bicyclic) bond motifs is 11. The lowest BCUT2D eigenvalue weighted by atomic mass is 9.92. The number of primary amides is 1. The number of aliphatic hydroxyl groups excluding tert-OH is 1. The molecule has 4 aliphatic heterocycles. The molecule has 1 saturated heterocycles. The van der Waals surface area contributed by atoms with E-state index in [0.717, 1.165) is 35.3 Å². The molecule has 0 aliphatic carbocycles. The van der Waals surface area contributed by atoms with Gasteiger partial charge in [0.05, 0.1) is 48.3 Å². The van der Waals surface area contributed by atoms with Crippen molar-refractivity contribution in [1.29, 1.82) is 0 Å². The highest BCUT2D eigenvalue weighted by molar-refractivity contribution is 8.00. The van der Waals surface area contributed by atoms with Crippen molar-refractivity contribution in [3.8, 4) is 0 Å². The number of aromatic amines is 2. The maximum atomic E-state index is 15.7. The second-order valence-electron chi connectivity index (χ2n) is 35.3. The Morgan fingerprint density at radius 3 is 1.40 bits per heavy atom. The molecule has 11 rings (SSSR count). The third-order valence-corrected chi connectivity index (χ3v) is 27.3. The van der Waals surface area contributed by atoms with Gasteiger partial charge in [-0.1, -0.05) is 144 Å². The van der Waals surface area contributed by atoms with Crippen molar-refractivity contribution >= 4 is 157 Å². The molecule has 6 heterocycles. The second kappa shape index (κ2) is 47.9. The van der Waals surface area contributed by atoms with Crippen LogP contribution in [0.1, 0.15) is 131 Å². The topological polar surface area (TPSA) is 535 Å². The molecule has 134 heavy (non-hydrogen) atoms. The van der Waals surface area contributed by atoms with E-state index < -0.39 is 222 Å². The molecule has 7 aromatic rings. The lowest BCUT2D eigenvalue weighted by Gasteiger charge is -2.32. The number of carbonyl (C=O) groups is 17. The highest BCUT2D eigenvalue weighted by atomic mass is 32.2. The maximum absolute atomic E-state index is 15.7. The number of carboxylic acids is 1. The van der Waals surface area contributed by atoms with Gasteiger partial charge in [-0.2, -0.15) is 11.8 Å². The Kier molecular flexibility index (Phi) is 36.5. The van der Waals surface area contributed by atoms with Gasteiger partial charge in [0.25, 0.3) is 0 Å². The molecule has 5 aromatic carbocycles. The number of carboxylic acid groups (broad SMARTS) is 1. The van der Waals surface area contributed by atoms with Crippen molar-refractivity contribution in [3.05, 3.63) is 178 Å². The van der Waals surface area contributed by atoms with Crippen molar-refractivity contribution in [2.24, 2.45) is 35.1 Å². The van der Waals surface area contributed by atoms with E-state index in [0.29, 0.717) is 72.7 Å². The Labute approximate surface area is 788 Å². The average molecular weight is 1900 g/mol. The standard InChI is InChI=1S/C95H119N17O19S3/c1-8-62-34-77(115)85(55(7)113)108-88(124)65(35-76(114)54(6)96)46-132-49-79(117)109-40-56-17-13-19-58(29-56)42-110-43-59-20-15-22-61(31-59)45-111(44-60-21-14-18-57(30-60)41-109)81(119)51-134-48-74(105-87(62)123)92(128)102-71(33-64-38-99-69-26-12-10-24-67(64)69)91(127)106-83(52(2)3)94(130)103-72(36-82(120)121)89(125)100-39-78(116)101-70(32-63-37-98-68-25-11-9-23-66(63)68)90(126)107-84(53(4)5)95(131)112-28-16-27-75(112)93(129)104-73(86(97)122)47-133-50-80(110)118/h9-15,17-26,29-31,37-38,52-55,62,65,70-75,83-85,98-99,113H,8,16,27-28,32-36,39-51,96H2,1-7H3,(H2,97,122)(H,100,125)(H,101,116)(H,102,128)(H,103,130)(H,104,129)(H,105,123)(H,106,127)(H,107,126)(H,108,124)(H,120,121)/t54-,55+,62+,65-,70-,71-,72-,73-,74-,75-,83-,84-,85-/m0/s1. The average Bonchev–Trinajstić information content (AvgIpc) is 1.67. The number of para-hydroxylation sites is 2. The Morgan fingerprint density at radius 2 is 0.933 bits per heavy atom. The molecular weight excluding hydrogens is 1780 g/mol. The quantitative estimate of drug-likeness (QED) is 0.0744. The first-order valence-corrected chi connectivity index (χ1v) is 48.3. The third kappa shape index (κ3) is 28.1. The number of amides is 14. The van der Waals surface area contributed by atoms with Gasteiger partial charge < -0.3 is 99.1 Å². The van der Waals surface area contributed by atoms with Gasteiger partial charge >= 0.3 is 5.97 Å². The molecule has 39 heteroatoms. The number of aromatic nitrogens is 2. The highest BCUT2D eigenvalue weighted by Gasteiger charge is 2.43. The number of aliphatic hydroxyl groups is 1. The molecule has 0 radical (unpaired) electrons. The molecule has 0 saturated carbocycles. The van der Waals surface area contributed by atoms with E-state index in [9.17, 15) is 58.2 Å². The van der Waals surface area contributed by atoms with Crippen LogP contribution in [-0.2, 0) is 134 Å². The molecule has 10 bridgehead atoms. The van der Waals surface area contributed by atoms with Crippen molar-refractivity contribution in [3.63, 3.8) is 0 Å². The summed E-state index contributed by atoms with van der Waals surface area (Å²) >= 11 is 2.97. The second-order valence-corrected chi connectivity index (χ2v) is 38.4. The molecular formula is C95H119N17O19S3. The predicted molar refractivity (Wildman–Crippen MR) is 504 cm³/mol. The summed E-state index contributed by atoms with van der Waals surface area (Å²) in [5.41, 5.74) is 18.2. The summed E-state index contributed by atoms with van der Waals surface area (Å²) in [4.78, 5) is 262. The minimum atomic E-state index is -1.95. The van der Waals surface area contributed by atoms with Gasteiger partial charge in [0.15, 0.2) is 5.78 Å². The zero-order valence-corrected chi connectivity index (χ0v) is 78.4. The van der Waals surface area contributed by atoms with Crippen molar-refractivity contribution in [2.45, 2.75) is 206 Å². The van der Waals surface area contributed by atoms with Crippen molar-refractivity contribution < 1.29 is 91.7 Å². The Balaban J connectivity index is 1.00. The van der Waals surface area contributed by atoms with Crippen LogP contribution in [0.5, 0.6) is 0 Å². The summed E-state index contributed by atoms with van der Waals surface area (Å²) < 4.78 is 0. The largest absolute Gasteiger partial charge is 0.481 e. The summed E-state index contributed by atoms with van der Waals surface area (Å²) in [6, 6.07) is 20.9. The van der Waals surface area contributed by atoms with Crippen LogP contribution in [0.4, 0.5) is 0 Å². The molecule has 13 atom stereocenters. The molecule has 0 unspecified atom stereocenters. The number of hydrogen-bond donors (Lipinski definition) is 15. The molecule has 17 N–H and O–H groups in total. The smallest absolute Gasteiger partial charge is 0.305 e. The number of ketones is 2. The van der Waals surface area contributed by atoms with Gasteiger partial charge in [-0.15, -0.1) is 23.5 Å². The minimum Gasteiger partial charge on any atom is -0.481 e. The van der Waals surface area contributed by atoms with Crippen LogP contribution >= 0.6 is 35.3 Å². The first kappa shape index (κ1) is 102. The summed E-state index contributed by atoms with van der Waals surface area (Å²) in [5, 5.41) is 46.8. The fourth-order valence-corrected chi connectivity index (χ4v) is 19.6. The first-order chi connectivity index (χ1) is 64.0. The highest BCUT2D eigenvalue weighted by Crippen LogP contribution is 2.29. The van der Waals surface area contributed by atoms with Gasteiger partial charge in [-0.3, -0.25) is 81.5 Å². The number of benzene rings is 5. The number of rotatable bonds is 14. The van der Waals surface area contributed by atoms with Gasteiger partial charge in [0, 0.05) is 129 Å². The molecule has 716 valence electrons. The normalized spacial score (nSPS) is 23.9. The van der Waals surface area contributed by atoms with E-state index in [1.165, 1.54) is 32.6 Å². The predicted octanol–water partition coefficient (Wildman–Crippen LogP) is 2.81. The number of H-pyrrole nitrogens is 2.